The average molecular weight is 378 g/mol. The van der Waals surface area contributed by atoms with Crippen LogP contribution in [-0.2, 0) is 29.3 Å². The Labute approximate surface area is 165 Å². The van der Waals surface area contributed by atoms with Crippen LogP contribution in [0, 0.1) is 0 Å². The Bertz CT molecular complexity index is 930. The Morgan fingerprint density at radius 3 is 2.64 bits per heavy atom. The molecule has 0 amide bonds. The van der Waals surface area contributed by atoms with Gasteiger partial charge in [0.1, 0.15) is 12.4 Å². The maximum atomic E-state index is 5.56. The van der Waals surface area contributed by atoms with Crippen molar-refractivity contribution in [3.63, 3.8) is 0 Å². The smallest absolute Gasteiger partial charge is 0.142 e. The third-order valence-corrected chi connectivity index (χ3v) is 4.88. The molecule has 4 rings (SSSR count). The van der Waals surface area contributed by atoms with Gasteiger partial charge in [-0.05, 0) is 24.6 Å². The van der Waals surface area contributed by atoms with Crippen molar-refractivity contribution < 1.29 is 9.57 Å². The predicted octanol–water partition coefficient (Wildman–Crippen LogP) is 3.46. The van der Waals surface area contributed by atoms with Crippen molar-refractivity contribution in [2.24, 2.45) is 5.16 Å². The van der Waals surface area contributed by atoms with Gasteiger partial charge in [-0.1, -0.05) is 47.6 Å². The molecule has 146 valence electrons. The molecule has 1 aliphatic rings. The molecule has 0 spiro atoms. The van der Waals surface area contributed by atoms with Crippen molar-refractivity contribution >= 4 is 16.7 Å². The van der Waals surface area contributed by atoms with Gasteiger partial charge in [-0.2, -0.15) is 0 Å². The molecule has 2 heterocycles. The first-order valence-corrected chi connectivity index (χ1v) is 9.73. The van der Waals surface area contributed by atoms with E-state index in [-0.39, 0.29) is 0 Å². The number of imidazole rings is 1. The Morgan fingerprint density at radius 1 is 1.07 bits per heavy atom. The zero-order valence-corrected chi connectivity index (χ0v) is 16.3. The number of hydrogen-bond acceptors (Lipinski definition) is 5. The van der Waals surface area contributed by atoms with Gasteiger partial charge in [0.15, 0.2) is 0 Å². The number of para-hydroxylation sites is 2. The fourth-order valence-electron chi connectivity index (χ4n) is 3.43. The Morgan fingerprint density at radius 2 is 1.82 bits per heavy atom. The van der Waals surface area contributed by atoms with Gasteiger partial charge < -0.3 is 14.1 Å². The van der Waals surface area contributed by atoms with Gasteiger partial charge in [0.05, 0.1) is 43.0 Å². The topological polar surface area (TPSA) is 51.9 Å². The SMILES string of the molecule is C/C(Cn1c(CN2CCOCC2)nc2ccccc21)=N\OCc1ccccc1. The molecule has 0 saturated carbocycles. The quantitative estimate of drug-likeness (QED) is 0.467. The van der Waals surface area contributed by atoms with Gasteiger partial charge in [0, 0.05) is 13.1 Å². The van der Waals surface area contributed by atoms with Gasteiger partial charge in [0.25, 0.3) is 0 Å². The number of benzene rings is 2. The van der Waals surface area contributed by atoms with Crippen LogP contribution in [0.3, 0.4) is 0 Å². The molecule has 0 radical (unpaired) electrons. The van der Waals surface area contributed by atoms with Crippen LogP contribution >= 0.6 is 0 Å². The zero-order chi connectivity index (χ0) is 19.2. The summed E-state index contributed by atoms with van der Waals surface area (Å²) in [4.78, 5) is 12.8. The van der Waals surface area contributed by atoms with Crippen LogP contribution in [0.25, 0.3) is 11.0 Å². The lowest BCUT2D eigenvalue weighted by Crippen LogP contribution is -2.36. The first-order chi connectivity index (χ1) is 13.8. The van der Waals surface area contributed by atoms with Gasteiger partial charge in [-0.25, -0.2) is 4.98 Å². The molecule has 0 bridgehead atoms. The molecule has 1 saturated heterocycles. The van der Waals surface area contributed by atoms with Crippen LogP contribution in [0.1, 0.15) is 18.3 Å². The van der Waals surface area contributed by atoms with E-state index in [4.69, 9.17) is 14.6 Å². The van der Waals surface area contributed by atoms with E-state index < -0.39 is 0 Å². The first kappa shape index (κ1) is 18.7. The van der Waals surface area contributed by atoms with E-state index in [1.807, 2.05) is 43.3 Å². The van der Waals surface area contributed by atoms with Crippen molar-refractivity contribution in [1.82, 2.24) is 14.5 Å². The summed E-state index contributed by atoms with van der Waals surface area (Å²) in [6, 6.07) is 18.3. The van der Waals surface area contributed by atoms with Crippen molar-refractivity contribution in [2.45, 2.75) is 26.6 Å². The first-order valence-electron chi connectivity index (χ1n) is 9.73. The molecule has 6 heteroatoms. The summed E-state index contributed by atoms with van der Waals surface area (Å²) in [5, 5.41) is 4.32. The summed E-state index contributed by atoms with van der Waals surface area (Å²) in [6.45, 7) is 7.40. The van der Waals surface area contributed by atoms with E-state index in [9.17, 15) is 0 Å². The minimum atomic E-state index is 0.476. The summed E-state index contributed by atoms with van der Waals surface area (Å²) >= 11 is 0. The highest BCUT2D eigenvalue weighted by Crippen LogP contribution is 2.18. The van der Waals surface area contributed by atoms with E-state index in [1.54, 1.807) is 0 Å². The van der Waals surface area contributed by atoms with E-state index in [1.165, 1.54) is 0 Å². The monoisotopic (exact) mass is 378 g/mol. The number of rotatable bonds is 7. The van der Waals surface area contributed by atoms with Crippen LogP contribution in [0.5, 0.6) is 0 Å². The van der Waals surface area contributed by atoms with Crippen molar-refractivity contribution in [3.05, 3.63) is 66.0 Å². The Balaban J connectivity index is 1.49. The lowest BCUT2D eigenvalue weighted by atomic mass is 10.2. The normalized spacial score (nSPS) is 15.8. The Kier molecular flexibility index (Phi) is 5.99. The summed E-state index contributed by atoms with van der Waals surface area (Å²) < 4.78 is 7.71. The number of nitrogens with zero attached hydrogens (tertiary/aromatic N) is 4. The second-order valence-corrected chi connectivity index (χ2v) is 7.08. The highest BCUT2D eigenvalue weighted by atomic mass is 16.6. The van der Waals surface area contributed by atoms with Gasteiger partial charge in [-0.15, -0.1) is 0 Å². The summed E-state index contributed by atoms with van der Waals surface area (Å²) in [5.41, 5.74) is 4.18. The molecule has 0 N–H and O–H groups in total. The molecule has 1 aliphatic heterocycles. The van der Waals surface area contributed by atoms with Crippen LogP contribution in [-0.4, -0.2) is 46.5 Å². The summed E-state index contributed by atoms with van der Waals surface area (Å²) in [5.74, 6) is 1.06. The highest BCUT2D eigenvalue weighted by Gasteiger charge is 2.17. The number of oxime groups is 1. The van der Waals surface area contributed by atoms with E-state index in [0.29, 0.717) is 13.2 Å². The van der Waals surface area contributed by atoms with E-state index in [0.717, 1.165) is 61.0 Å². The minimum absolute atomic E-state index is 0.476. The fourth-order valence-corrected chi connectivity index (χ4v) is 3.43. The maximum Gasteiger partial charge on any atom is 0.142 e. The maximum absolute atomic E-state index is 5.56. The van der Waals surface area contributed by atoms with Crippen LogP contribution in [0.15, 0.2) is 59.8 Å². The fraction of sp³-hybridized carbons (Fsp3) is 0.364. The van der Waals surface area contributed by atoms with E-state index >= 15 is 0 Å². The highest BCUT2D eigenvalue weighted by molar-refractivity contribution is 5.84. The summed E-state index contributed by atoms with van der Waals surface area (Å²) in [6.07, 6.45) is 0. The number of hydrogen-bond donors (Lipinski definition) is 0. The third kappa shape index (κ3) is 4.58. The van der Waals surface area contributed by atoms with Gasteiger partial charge in [0.2, 0.25) is 0 Å². The lowest BCUT2D eigenvalue weighted by Gasteiger charge is -2.26. The number of morpholine rings is 1. The molecule has 0 atom stereocenters. The van der Waals surface area contributed by atoms with Crippen LogP contribution < -0.4 is 0 Å². The lowest BCUT2D eigenvalue weighted by molar-refractivity contribution is 0.0327. The molecule has 28 heavy (non-hydrogen) atoms. The average Bonchev–Trinajstić information content (AvgIpc) is 3.06. The zero-order valence-electron chi connectivity index (χ0n) is 16.3. The summed E-state index contributed by atoms with van der Waals surface area (Å²) in [7, 11) is 0. The van der Waals surface area contributed by atoms with Crippen LogP contribution in [0.4, 0.5) is 0 Å². The molecule has 3 aromatic rings. The molecule has 2 aromatic carbocycles. The van der Waals surface area contributed by atoms with E-state index in [2.05, 4.69) is 32.8 Å². The standard InChI is InChI=1S/C22H26N4O2/c1-18(24-28-17-19-7-3-2-4-8-19)15-26-21-10-6-5-9-20(21)23-22(26)16-25-11-13-27-14-12-25/h2-10H,11-17H2,1H3/b24-18+. The number of aromatic nitrogens is 2. The largest absolute Gasteiger partial charge is 0.391 e. The van der Waals surface area contributed by atoms with Gasteiger partial charge >= 0.3 is 0 Å². The van der Waals surface area contributed by atoms with Crippen molar-refractivity contribution in [2.75, 3.05) is 26.3 Å². The predicted molar refractivity (Wildman–Crippen MR) is 110 cm³/mol. The molecule has 0 unspecified atom stereocenters. The van der Waals surface area contributed by atoms with Crippen molar-refractivity contribution in [3.8, 4) is 0 Å². The third-order valence-electron chi connectivity index (χ3n) is 4.88. The molecule has 6 nitrogen and oxygen atoms in total. The molecule has 1 fully saturated rings. The molecule has 0 aliphatic carbocycles. The molecular weight excluding hydrogens is 352 g/mol. The minimum Gasteiger partial charge on any atom is -0.391 e. The number of fused-ring (bicyclic) bond motifs is 1. The molecule has 1 aromatic heterocycles. The second-order valence-electron chi connectivity index (χ2n) is 7.08. The number of ether oxygens (including phenoxy) is 1. The Hall–Kier alpha value is -2.70. The van der Waals surface area contributed by atoms with Gasteiger partial charge in [-0.3, -0.25) is 4.90 Å². The second kappa shape index (κ2) is 8.99. The van der Waals surface area contributed by atoms with Crippen molar-refractivity contribution in [1.29, 1.82) is 0 Å². The van der Waals surface area contributed by atoms with Crippen LogP contribution in [0.2, 0.25) is 0 Å². The molecular formula is C22H26N4O2.